The molecule has 1 aromatic carbocycles. The van der Waals surface area contributed by atoms with Gasteiger partial charge in [-0.3, -0.25) is 0 Å². The lowest BCUT2D eigenvalue weighted by atomic mass is 9.99. The standard InChI is InChI=1S/C22H22N6O4S2/c1-29-14-6-17(31-11-13-4-3-5-27(9-13)21-25-23-12-33-21)15-8-19(32-18(15)7-14)16-10-28-20(24-16)34-22(26-28)30-2/h6-8,10,12-13H,3-5,9,11H2,1-2H3. The summed E-state index contributed by atoms with van der Waals surface area (Å²) in [5, 5.41) is 14.9. The van der Waals surface area contributed by atoms with Crippen LogP contribution in [0.25, 0.3) is 27.4 Å². The second kappa shape index (κ2) is 8.76. The Bertz CT molecular complexity index is 1390. The highest BCUT2D eigenvalue weighted by Gasteiger charge is 2.23. The zero-order valence-electron chi connectivity index (χ0n) is 18.6. The van der Waals surface area contributed by atoms with Crippen LogP contribution in [0.15, 0.2) is 34.3 Å². The van der Waals surface area contributed by atoms with Gasteiger partial charge in [-0.2, -0.15) is 0 Å². The van der Waals surface area contributed by atoms with Gasteiger partial charge in [-0.25, -0.2) is 9.50 Å². The third-order valence-corrected chi connectivity index (χ3v) is 7.51. The summed E-state index contributed by atoms with van der Waals surface area (Å²) in [6, 6.07) is 5.73. The lowest BCUT2D eigenvalue weighted by molar-refractivity contribution is 0.230. The summed E-state index contributed by atoms with van der Waals surface area (Å²) in [4.78, 5) is 7.66. The van der Waals surface area contributed by atoms with Gasteiger partial charge < -0.3 is 23.5 Å². The lowest BCUT2D eigenvalue weighted by Crippen LogP contribution is -2.37. The molecule has 0 N–H and O–H groups in total. The highest BCUT2D eigenvalue weighted by molar-refractivity contribution is 7.18. The van der Waals surface area contributed by atoms with Gasteiger partial charge in [-0.15, -0.1) is 15.3 Å². The number of methoxy groups -OCH3 is 2. The van der Waals surface area contributed by atoms with Crippen LogP contribution in [0, 0.1) is 5.92 Å². The van der Waals surface area contributed by atoms with Crippen molar-refractivity contribution in [1.82, 2.24) is 24.8 Å². The Morgan fingerprint density at radius 3 is 2.94 bits per heavy atom. The molecule has 12 heteroatoms. The predicted molar refractivity (Wildman–Crippen MR) is 130 cm³/mol. The Kier molecular flexibility index (Phi) is 5.46. The van der Waals surface area contributed by atoms with E-state index in [4.69, 9.17) is 18.6 Å². The number of ether oxygens (including phenoxy) is 3. The topological polar surface area (TPSA) is 100 Å². The number of nitrogens with zero attached hydrogens (tertiary/aromatic N) is 6. The summed E-state index contributed by atoms with van der Waals surface area (Å²) in [5.41, 5.74) is 3.16. The van der Waals surface area contributed by atoms with Crippen molar-refractivity contribution in [3.8, 4) is 28.1 Å². The summed E-state index contributed by atoms with van der Waals surface area (Å²) in [6.07, 6.45) is 4.04. The summed E-state index contributed by atoms with van der Waals surface area (Å²) in [5.74, 6) is 2.45. The molecule has 5 aromatic rings. The first-order valence-corrected chi connectivity index (χ1v) is 12.6. The van der Waals surface area contributed by atoms with Gasteiger partial charge in [-0.1, -0.05) is 11.3 Å². The van der Waals surface area contributed by atoms with Crippen molar-refractivity contribution in [2.24, 2.45) is 5.92 Å². The zero-order chi connectivity index (χ0) is 23.1. The third-order valence-electron chi connectivity index (χ3n) is 5.87. The van der Waals surface area contributed by atoms with Crippen LogP contribution < -0.4 is 19.1 Å². The molecule has 1 aliphatic rings. The summed E-state index contributed by atoms with van der Waals surface area (Å²) >= 11 is 2.95. The van der Waals surface area contributed by atoms with E-state index in [-0.39, 0.29) is 0 Å². The largest absolute Gasteiger partial charge is 0.496 e. The maximum absolute atomic E-state index is 6.34. The van der Waals surface area contributed by atoms with E-state index in [1.807, 2.05) is 24.4 Å². The molecule has 1 fully saturated rings. The molecular weight excluding hydrogens is 476 g/mol. The second-order valence-corrected chi connectivity index (χ2v) is 9.79. The molecular formula is C22H22N6O4S2. The molecule has 4 aromatic heterocycles. The fourth-order valence-corrected chi connectivity index (χ4v) is 5.51. The molecule has 0 amide bonds. The average Bonchev–Trinajstić information content (AvgIpc) is 3.64. The van der Waals surface area contributed by atoms with Gasteiger partial charge in [0.05, 0.1) is 32.4 Å². The van der Waals surface area contributed by atoms with Gasteiger partial charge in [0.15, 0.2) is 5.76 Å². The molecule has 1 atom stereocenters. The third kappa shape index (κ3) is 3.92. The Balaban J connectivity index is 1.25. The Labute approximate surface area is 202 Å². The highest BCUT2D eigenvalue weighted by atomic mass is 32.1. The Morgan fingerprint density at radius 2 is 2.15 bits per heavy atom. The van der Waals surface area contributed by atoms with Gasteiger partial charge in [-0.05, 0) is 30.2 Å². The second-order valence-electron chi connectivity index (χ2n) is 8.06. The van der Waals surface area contributed by atoms with Crippen LogP contribution in [0.1, 0.15) is 12.8 Å². The average molecular weight is 499 g/mol. The first-order valence-electron chi connectivity index (χ1n) is 10.9. The van der Waals surface area contributed by atoms with Crippen molar-refractivity contribution in [3.63, 3.8) is 0 Å². The van der Waals surface area contributed by atoms with E-state index < -0.39 is 0 Å². The van der Waals surface area contributed by atoms with Crippen LogP contribution in [-0.4, -0.2) is 58.7 Å². The Morgan fingerprint density at radius 1 is 1.21 bits per heavy atom. The van der Waals surface area contributed by atoms with Crippen molar-refractivity contribution < 1.29 is 18.6 Å². The number of rotatable bonds is 7. The minimum absolute atomic E-state index is 0.395. The van der Waals surface area contributed by atoms with E-state index in [9.17, 15) is 0 Å². The van der Waals surface area contributed by atoms with E-state index in [1.54, 1.807) is 35.6 Å². The van der Waals surface area contributed by atoms with Gasteiger partial charge in [0.2, 0.25) is 10.1 Å². The lowest BCUT2D eigenvalue weighted by Gasteiger charge is -2.32. The fraction of sp³-hybridized carbons (Fsp3) is 0.364. The van der Waals surface area contributed by atoms with E-state index in [0.717, 1.165) is 47.2 Å². The smallest absolute Gasteiger partial charge is 0.294 e. The quantitative estimate of drug-likeness (QED) is 0.324. The van der Waals surface area contributed by atoms with Gasteiger partial charge >= 0.3 is 0 Å². The van der Waals surface area contributed by atoms with Crippen LogP contribution in [-0.2, 0) is 0 Å². The van der Waals surface area contributed by atoms with Crippen molar-refractivity contribution in [1.29, 1.82) is 0 Å². The molecule has 5 heterocycles. The van der Waals surface area contributed by atoms with Crippen LogP contribution in [0.4, 0.5) is 5.13 Å². The van der Waals surface area contributed by atoms with Crippen molar-refractivity contribution in [2.45, 2.75) is 12.8 Å². The van der Waals surface area contributed by atoms with E-state index in [0.29, 0.717) is 40.5 Å². The zero-order valence-corrected chi connectivity index (χ0v) is 20.3. The first kappa shape index (κ1) is 21.2. The van der Waals surface area contributed by atoms with Crippen LogP contribution >= 0.6 is 22.7 Å². The number of benzene rings is 1. The fourth-order valence-electron chi connectivity index (χ4n) is 4.22. The molecule has 176 valence electrons. The van der Waals surface area contributed by atoms with Crippen molar-refractivity contribution in [3.05, 3.63) is 29.9 Å². The van der Waals surface area contributed by atoms with Crippen molar-refractivity contribution >= 4 is 43.7 Å². The number of anilines is 1. The highest BCUT2D eigenvalue weighted by Crippen LogP contribution is 2.38. The monoisotopic (exact) mass is 498 g/mol. The molecule has 0 bridgehead atoms. The molecule has 0 radical (unpaired) electrons. The molecule has 6 rings (SSSR count). The Hall–Kier alpha value is -3.38. The molecule has 1 aliphatic heterocycles. The summed E-state index contributed by atoms with van der Waals surface area (Å²) in [6.45, 7) is 2.51. The minimum Gasteiger partial charge on any atom is -0.496 e. The maximum Gasteiger partial charge on any atom is 0.294 e. The van der Waals surface area contributed by atoms with Gasteiger partial charge in [0.25, 0.3) is 5.19 Å². The normalized spacial score (nSPS) is 16.4. The molecule has 10 nitrogen and oxygen atoms in total. The van der Waals surface area contributed by atoms with Gasteiger partial charge in [0, 0.05) is 31.1 Å². The first-order chi connectivity index (χ1) is 16.7. The number of piperidine rings is 1. The van der Waals surface area contributed by atoms with Crippen molar-refractivity contribution in [2.75, 3.05) is 38.8 Å². The summed E-state index contributed by atoms with van der Waals surface area (Å²) < 4.78 is 24.8. The SMILES string of the molecule is COc1cc(OCC2CCCN(c3nncs3)C2)c2cc(-c3cn4nc(OC)sc4n3)oc2c1. The molecule has 34 heavy (non-hydrogen) atoms. The van der Waals surface area contributed by atoms with E-state index in [2.05, 4.69) is 25.2 Å². The van der Waals surface area contributed by atoms with E-state index in [1.165, 1.54) is 11.3 Å². The van der Waals surface area contributed by atoms with Crippen LogP contribution in [0.5, 0.6) is 16.7 Å². The van der Waals surface area contributed by atoms with E-state index >= 15 is 0 Å². The number of hydrogen-bond donors (Lipinski definition) is 0. The molecule has 0 aliphatic carbocycles. The van der Waals surface area contributed by atoms with Crippen LogP contribution in [0.3, 0.4) is 0 Å². The van der Waals surface area contributed by atoms with Crippen LogP contribution in [0.2, 0.25) is 0 Å². The molecule has 0 saturated carbocycles. The molecule has 1 unspecified atom stereocenters. The number of hydrogen-bond acceptors (Lipinski definition) is 11. The predicted octanol–water partition coefficient (Wildman–Crippen LogP) is 4.37. The van der Waals surface area contributed by atoms with Gasteiger partial charge in [0.1, 0.15) is 28.3 Å². The number of fused-ring (bicyclic) bond motifs is 2. The number of imidazole rings is 1. The number of aromatic nitrogens is 5. The molecule has 0 spiro atoms. The molecule has 1 saturated heterocycles. The maximum atomic E-state index is 6.34. The number of furan rings is 1. The summed E-state index contributed by atoms with van der Waals surface area (Å²) in [7, 11) is 3.23. The minimum atomic E-state index is 0.395.